The van der Waals surface area contributed by atoms with Gasteiger partial charge in [0.1, 0.15) is 28.4 Å². The Balaban J connectivity index is 1.37. The number of ether oxygens (including phenoxy) is 3. The van der Waals surface area contributed by atoms with Gasteiger partial charge in [-0.2, -0.15) is 0 Å². The van der Waals surface area contributed by atoms with Gasteiger partial charge < -0.3 is 23.9 Å². The van der Waals surface area contributed by atoms with Gasteiger partial charge in [-0.25, -0.2) is 9.59 Å². The Morgan fingerprint density at radius 2 is 1.62 bits per heavy atom. The molecule has 1 fully saturated rings. The third-order valence-corrected chi connectivity index (χ3v) is 5.62. The van der Waals surface area contributed by atoms with Crippen LogP contribution in [0.5, 0.6) is 17.2 Å². The van der Waals surface area contributed by atoms with Gasteiger partial charge in [0.25, 0.3) is 5.91 Å². The van der Waals surface area contributed by atoms with Crippen LogP contribution in [0.25, 0.3) is 11.0 Å². The summed E-state index contributed by atoms with van der Waals surface area (Å²) in [6.07, 6.45) is 5.16. The van der Waals surface area contributed by atoms with Crippen molar-refractivity contribution in [2.45, 2.75) is 45.1 Å². The number of carbonyl (C=O) groups is 2. The molecule has 0 saturated heterocycles. The molecular weight excluding hydrogens is 438 g/mol. The number of nitrogens with one attached hydrogen (secondary N) is 1. The van der Waals surface area contributed by atoms with Gasteiger partial charge in [-0.3, -0.25) is 4.79 Å². The molecule has 0 bridgehead atoms. The van der Waals surface area contributed by atoms with Crippen LogP contribution in [0.15, 0.2) is 57.7 Å². The van der Waals surface area contributed by atoms with Crippen LogP contribution in [0.2, 0.25) is 0 Å². The van der Waals surface area contributed by atoms with E-state index in [4.69, 9.17) is 18.6 Å². The standard InChI is InChI=1S/C26H27NO7/c1-2-31-19-10-12-20(13-11-19)32-16-24(28)33-21-9-8-17-14-22(26(30)34-23(17)15-21)25(29)27-18-6-4-3-5-7-18/h8-15,18H,2-7,16H2,1H3,(H,27,29). The van der Waals surface area contributed by atoms with E-state index in [1.54, 1.807) is 36.4 Å². The van der Waals surface area contributed by atoms with Crippen LogP contribution in [0, 0.1) is 0 Å². The van der Waals surface area contributed by atoms with E-state index in [1.165, 1.54) is 18.6 Å². The molecule has 0 radical (unpaired) electrons. The van der Waals surface area contributed by atoms with Gasteiger partial charge >= 0.3 is 11.6 Å². The zero-order valence-electron chi connectivity index (χ0n) is 19.0. The second-order valence-corrected chi connectivity index (χ2v) is 8.12. The lowest BCUT2D eigenvalue weighted by Gasteiger charge is -2.22. The number of esters is 1. The van der Waals surface area contributed by atoms with E-state index in [0.717, 1.165) is 25.7 Å². The van der Waals surface area contributed by atoms with Crippen molar-refractivity contribution in [1.82, 2.24) is 5.32 Å². The topological polar surface area (TPSA) is 104 Å². The summed E-state index contributed by atoms with van der Waals surface area (Å²) in [5.41, 5.74) is -0.549. The van der Waals surface area contributed by atoms with Crippen molar-refractivity contribution in [3.05, 3.63) is 64.5 Å². The van der Waals surface area contributed by atoms with Crippen molar-refractivity contribution < 1.29 is 28.2 Å². The molecule has 178 valence electrons. The molecule has 1 saturated carbocycles. The molecule has 2 aromatic carbocycles. The summed E-state index contributed by atoms with van der Waals surface area (Å²) < 4.78 is 21.4. The summed E-state index contributed by atoms with van der Waals surface area (Å²) in [5, 5.41) is 3.48. The summed E-state index contributed by atoms with van der Waals surface area (Å²) >= 11 is 0. The molecule has 4 rings (SSSR count). The van der Waals surface area contributed by atoms with E-state index in [1.807, 2.05) is 6.92 Å². The maximum Gasteiger partial charge on any atom is 0.349 e. The first-order valence-corrected chi connectivity index (χ1v) is 11.5. The number of carbonyl (C=O) groups excluding carboxylic acids is 2. The van der Waals surface area contributed by atoms with Crippen LogP contribution in [-0.4, -0.2) is 31.1 Å². The molecular formula is C26H27NO7. The lowest BCUT2D eigenvalue weighted by molar-refractivity contribution is -0.136. The summed E-state index contributed by atoms with van der Waals surface area (Å²) in [5.74, 6) is 0.382. The van der Waals surface area contributed by atoms with Gasteiger partial charge in [-0.15, -0.1) is 0 Å². The van der Waals surface area contributed by atoms with E-state index < -0.39 is 17.5 Å². The molecule has 1 aromatic heterocycles. The van der Waals surface area contributed by atoms with Gasteiger partial charge in [0, 0.05) is 17.5 Å². The van der Waals surface area contributed by atoms with Crippen LogP contribution < -0.4 is 25.2 Å². The largest absolute Gasteiger partial charge is 0.494 e. The van der Waals surface area contributed by atoms with Crippen molar-refractivity contribution >= 4 is 22.8 Å². The van der Waals surface area contributed by atoms with Gasteiger partial charge in [0.15, 0.2) is 6.61 Å². The van der Waals surface area contributed by atoms with Crippen LogP contribution in [0.3, 0.4) is 0 Å². The molecule has 8 heteroatoms. The first-order chi connectivity index (χ1) is 16.5. The Morgan fingerprint density at radius 1 is 0.941 bits per heavy atom. The molecule has 1 aliphatic rings. The smallest absolute Gasteiger partial charge is 0.349 e. The SMILES string of the molecule is CCOc1ccc(OCC(=O)Oc2ccc3cc(C(=O)NC4CCCCC4)c(=O)oc3c2)cc1. The number of rotatable bonds is 8. The Hall–Kier alpha value is -3.81. The Morgan fingerprint density at radius 3 is 2.32 bits per heavy atom. The summed E-state index contributed by atoms with van der Waals surface area (Å²) in [6, 6.07) is 13.1. The highest BCUT2D eigenvalue weighted by atomic mass is 16.6. The molecule has 0 atom stereocenters. The zero-order valence-corrected chi connectivity index (χ0v) is 19.0. The van der Waals surface area contributed by atoms with Gasteiger partial charge in [-0.05, 0) is 62.2 Å². The van der Waals surface area contributed by atoms with Crippen LogP contribution in [-0.2, 0) is 4.79 Å². The normalized spacial score (nSPS) is 13.9. The number of hydrogen-bond acceptors (Lipinski definition) is 7. The molecule has 1 aliphatic carbocycles. The predicted octanol–water partition coefficient (Wildman–Crippen LogP) is 4.24. The number of amides is 1. The second-order valence-electron chi connectivity index (χ2n) is 8.12. The van der Waals surface area contributed by atoms with Crippen molar-refractivity contribution in [1.29, 1.82) is 0 Å². The average molecular weight is 466 g/mol. The summed E-state index contributed by atoms with van der Waals surface area (Å²) in [4.78, 5) is 37.2. The Labute approximate surface area is 196 Å². The molecule has 1 N–H and O–H groups in total. The lowest BCUT2D eigenvalue weighted by atomic mass is 9.95. The molecule has 0 spiro atoms. The fourth-order valence-electron chi connectivity index (χ4n) is 3.93. The second kappa shape index (κ2) is 10.9. The van der Waals surface area contributed by atoms with E-state index in [-0.39, 0.29) is 29.5 Å². The summed E-state index contributed by atoms with van der Waals surface area (Å²) in [6.45, 7) is 2.16. The van der Waals surface area contributed by atoms with Gasteiger partial charge in [0.2, 0.25) is 0 Å². The third-order valence-electron chi connectivity index (χ3n) is 5.62. The fraction of sp³-hybridized carbons (Fsp3) is 0.346. The van der Waals surface area contributed by atoms with E-state index >= 15 is 0 Å². The van der Waals surface area contributed by atoms with Crippen LogP contribution >= 0.6 is 0 Å². The molecule has 1 amide bonds. The van der Waals surface area contributed by atoms with Crippen molar-refractivity contribution in [2.24, 2.45) is 0 Å². The molecule has 0 unspecified atom stereocenters. The molecule has 1 heterocycles. The maximum atomic E-state index is 12.6. The number of hydrogen-bond donors (Lipinski definition) is 1. The highest BCUT2D eigenvalue weighted by Crippen LogP contribution is 2.22. The molecule has 8 nitrogen and oxygen atoms in total. The zero-order chi connectivity index (χ0) is 23.9. The fourth-order valence-corrected chi connectivity index (χ4v) is 3.93. The van der Waals surface area contributed by atoms with E-state index in [0.29, 0.717) is 23.5 Å². The first-order valence-electron chi connectivity index (χ1n) is 11.5. The molecule has 3 aromatic rings. The number of fused-ring (bicyclic) bond motifs is 1. The van der Waals surface area contributed by atoms with E-state index in [9.17, 15) is 14.4 Å². The number of benzene rings is 2. The minimum atomic E-state index is -0.733. The average Bonchev–Trinajstić information content (AvgIpc) is 2.84. The Kier molecular flexibility index (Phi) is 7.47. The quantitative estimate of drug-likeness (QED) is 0.301. The van der Waals surface area contributed by atoms with E-state index in [2.05, 4.69) is 5.32 Å². The summed E-state index contributed by atoms with van der Waals surface area (Å²) in [7, 11) is 0. The minimum Gasteiger partial charge on any atom is -0.494 e. The van der Waals surface area contributed by atoms with Gasteiger partial charge in [0.05, 0.1) is 6.61 Å². The van der Waals surface area contributed by atoms with Crippen molar-refractivity contribution in [3.8, 4) is 17.2 Å². The lowest BCUT2D eigenvalue weighted by Crippen LogP contribution is -2.38. The third kappa shape index (κ3) is 5.95. The van der Waals surface area contributed by atoms with Crippen LogP contribution in [0.4, 0.5) is 0 Å². The van der Waals surface area contributed by atoms with Gasteiger partial charge in [-0.1, -0.05) is 19.3 Å². The monoisotopic (exact) mass is 465 g/mol. The van der Waals surface area contributed by atoms with Crippen LogP contribution in [0.1, 0.15) is 49.4 Å². The Bertz CT molecular complexity index is 1210. The molecule has 34 heavy (non-hydrogen) atoms. The maximum absolute atomic E-state index is 12.6. The highest BCUT2D eigenvalue weighted by molar-refractivity contribution is 5.97. The predicted molar refractivity (Wildman–Crippen MR) is 126 cm³/mol. The van der Waals surface area contributed by atoms with Crippen molar-refractivity contribution in [3.63, 3.8) is 0 Å². The highest BCUT2D eigenvalue weighted by Gasteiger charge is 2.20. The van der Waals surface area contributed by atoms with Crippen molar-refractivity contribution in [2.75, 3.05) is 13.2 Å². The minimum absolute atomic E-state index is 0.0356. The molecule has 0 aliphatic heterocycles. The first kappa shape index (κ1) is 23.4.